The van der Waals surface area contributed by atoms with Gasteiger partial charge in [0.15, 0.2) is 0 Å². The van der Waals surface area contributed by atoms with Crippen molar-refractivity contribution in [2.24, 2.45) is 0 Å². The van der Waals surface area contributed by atoms with Crippen LogP contribution in [0, 0.1) is 13.8 Å². The molecule has 1 aromatic heterocycles. The second kappa shape index (κ2) is 4.50. The van der Waals surface area contributed by atoms with Crippen molar-refractivity contribution in [3.63, 3.8) is 0 Å². The first-order valence-corrected chi connectivity index (χ1v) is 5.19. The number of nitrogens with one attached hydrogen (secondary N) is 2. The summed E-state index contributed by atoms with van der Waals surface area (Å²) in [6, 6.07) is 0. The zero-order valence-corrected chi connectivity index (χ0v) is 9.03. The fraction of sp³-hybridized carbons (Fsp3) is 0.625. The number of aromatic nitrogens is 2. The van der Waals surface area contributed by atoms with E-state index >= 15 is 0 Å². The molecule has 0 fully saturated rings. The third kappa shape index (κ3) is 2.52. The number of nitrogens with zero attached hydrogens (tertiary/aromatic N) is 1. The first-order chi connectivity index (χ1) is 5.74. The van der Waals surface area contributed by atoms with Gasteiger partial charge < -0.3 is 10.3 Å². The van der Waals surface area contributed by atoms with Gasteiger partial charge >= 0.3 is 0 Å². The van der Waals surface area contributed by atoms with Crippen molar-refractivity contribution in [3.05, 3.63) is 11.5 Å². The Morgan fingerprint density at radius 1 is 1.50 bits per heavy atom. The van der Waals surface area contributed by atoms with E-state index < -0.39 is 0 Å². The van der Waals surface area contributed by atoms with Crippen LogP contribution in [0.4, 0.5) is 5.82 Å². The number of aromatic amines is 1. The summed E-state index contributed by atoms with van der Waals surface area (Å²) >= 11 is 3.38. The SMILES string of the molecule is Cc1nc(NCCCBr)c(C)[nH]1. The van der Waals surface area contributed by atoms with Crippen LogP contribution in [-0.2, 0) is 0 Å². The molecule has 1 aromatic rings. The van der Waals surface area contributed by atoms with Crippen molar-refractivity contribution in [2.75, 3.05) is 17.2 Å². The smallest absolute Gasteiger partial charge is 0.147 e. The van der Waals surface area contributed by atoms with E-state index in [9.17, 15) is 0 Å². The van der Waals surface area contributed by atoms with Crippen LogP contribution in [0.15, 0.2) is 0 Å². The van der Waals surface area contributed by atoms with E-state index in [1.807, 2.05) is 13.8 Å². The summed E-state index contributed by atoms with van der Waals surface area (Å²) in [5, 5.41) is 4.29. The number of H-pyrrole nitrogens is 1. The van der Waals surface area contributed by atoms with Gasteiger partial charge in [0.05, 0.1) is 5.69 Å². The van der Waals surface area contributed by atoms with Gasteiger partial charge in [0.2, 0.25) is 0 Å². The molecule has 4 heteroatoms. The fourth-order valence-electron chi connectivity index (χ4n) is 1.06. The molecule has 3 nitrogen and oxygen atoms in total. The van der Waals surface area contributed by atoms with Crippen molar-refractivity contribution in [2.45, 2.75) is 20.3 Å². The number of anilines is 1. The molecule has 0 spiro atoms. The molecule has 1 rings (SSSR count). The van der Waals surface area contributed by atoms with Gasteiger partial charge in [-0.25, -0.2) is 4.98 Å². The Hall–Kier alpha value is -0.510. The Balaban J connectivity index is 2.45. The quantitative estimate of drug-likeness (QED) is 0.617. The van der Waals surface area contributed by atoms with Crippen LogP contribution in [0.2, 0.25) is 0 Å². The summed E-state index contributed by atoms with van der Waals surface area (Å²) in [5.74, 6) is 1.95. The molecule has 0 radical (unpaired) electrons. The normalized spacial score (nSPS) is 10.2. The number of rotatable bonds is 4. The molecule has 0 aliphatic rings. The van der Waals surface area contributed by atoms with Crippen molar-refractivity contribution >= 4 is 21.7 Å². The second-order valence-corrected chi connectivity index (χ2v) is 3.56. The average Bonchev–Trinajstić information content (AvgIpc) is 2.31. The van der Waals surface area contributed by atoms with E-state index in [1.165, 1.54) is 0 Å². The van der Waals surface area contributed by atoms with E-state index in [0.29, 0.717) is 0 Å². The highest BCUT2D eigenvalue weighted by molar-refractivity contribution is 9.09. The van der Waals surface area contributed by atoms with Gasteiger partial charge in [0, 0.05) is 11.9 Å². The van der Waals surface area contributed by atoms with Gasteiger partial charge in [-0.15, -0.1) is 0 Å². The van der Waals surface area contributed by atoms with Crippen LogP contribution in [0.1, 0.15) is 17.9 Å². The highest BCUT2D eigenvalue weighted by Crippen LogP contribution is 2.09. The van der Waals surface area contributed by atoms with Gasteiger partial charge in [-0.05, 0) is 20.3 Å². The number of imidazole rings is 1. The maximum Gasteiger partial charge on any atom is 0.147 e. The standard InChI is InChI=1S/C8H14BrN3/c1-6-8(10-5-3-4-9)12-7(2)11-6/h10H,3-5H2,1-2H3,(H,11,12). The van der Waals surface area contributed by atoms with Crippen LogP contribution in [0.25, 0.3) is 0 Å². The first-order valence-electron chi connectivity index (χ1n) is 4.07. The molecule has 0 saturated heterocycles. The zero-order valence-electron chi connectivity index (χ0n) is 7.45. The Kier molecular flexibility index (Phi) is 3.59. The van der Waals surface area contributed by atoms with E-state index in [2.05, 4.69) is 31.2 Å². The molecule has 2 N–H and O–H groups in total. The molecule has 12 heavy (non-hydrogen) atoms. The number of halogens is 1. The van der Waals surface area contributed by atoms with Crippen molar-refractivity contribution < 1.29 is 0 Å². The molecule has 0 aromatic carbocycles. The van der Waals surface area contributed by atoms with Crippen LogP contribution in [0.3, 0.4) is 0 Å². The highest BCUT2D eigenvalue weighted by atomic mass is 79.9. The highest BCUT2D eigenvalue weighted by Gasteiger charge is 2.01. The van der Waals surface area contributed by atoms with Crippen molar-refractivity contribution in [1.29, 1.82) is 0 Å². The fourth-order valence-corrected chi connectivity index (χ4v) is 1.34. The lowest BCUT2D eigenvalue weighted by Crippen LogP contribution is -2.03. The summed E-state index contributed by atoms with van der Waals surface area (Å²) in [4.78, 5) is 7.45. The topological polar surface area (TPSA) is 40.7 Å². The predicted molar refractivity (Wildman–Crippen MR) is 55.0 cm³/mol. The zero-order chi connectivity index (χ0) is 8.97. The summed E-state index contributed by atoms with van der Waals surface area (Å²) in [6.45, 7) is 4.95. The Morgan fingerprint density at radius 3 is 2.75 bits per heavy atom. The molecular weight excluding hydrogens is 218 g/mol. The lowest BCUT2D eigenvalue weighted by atomic mass is 10.4. The van der Waals surface area contributed by atoms with Crippen LogP contribution < -0.4 is 5.32 Å². The van der Waals surface area contributed by atoms with Gasteiger partial charge in [-0.3, -0.25) is 0 Å². The molecule has 0 saturated carbocycles. The van der Waals surface area contributed by atoms with Crippen LogP contribution >= 0.6 is 15.9 Å². The number of aryl methyl sites for hydroxylation is 2. The summed E-state index contributed by atoms with van der Waals surface area (Å²) in [5.41, 5.74) is 1.11. The molecule has 68 valence electrons. The molecule has 0 aliphatic heterocycles. The van der Waals surface area contributed by atoms with Gasteiger partial charge in [-0.2, -0.15) is 0 Å². The number of hydrogen-bond acceptors (Lipinski definition) is 2. The van der Waals surface area contributed by atoms with E-state index in [-0.39, 0.29) is 0 Å². The van der Waals surface area contributed by atoms with Crippen LogP contribution in [0.5, 0.6) is 0 Å². The van der Waals surface area contributed by atoms with Gasteiger partial charge in [0.25, 0.3) is 0 Å². The molecule has 0 bridgehead atoms. The predicted octanol–water partition coefficient (Wildman–Crippen LogP) is 2.22. The molecule has 0 atom stereocenters. The summed E-state index contributed by atoms with van der Waals surface area (Å²) < 4.78 is 0. The number of alkyl halides is 1. The van der Waals surface area contributed by atoms with Crippen molar-refractivity contribution in [3.8, 4) is 0 Å². The molecule has 0 unspecified atom stereocenters. The maximum atomic E-state index is 4.30. The lowest BCUT2D eigenvalue weighted by molar-refractivity contribution is 0.986. The van der Waals surface area contributed by atoms with Crippen LogP contribution in [-0.4, -0.2) is 21.8 Å². The third-order valence-corrected chi connectivity index (χ3v) is 2.17. The lowest BCUT2D eigenvalue weighted by Gasteiger charge is -2.00. The average molecular weight is 232 g/mol. The van der Waals surface area contributed by atoms with Gasteiger partial charge in [0.1, 0.15) is 11.6 Å². The maximum absolute atomic E-state index is 4.30. The van der Waals surface area contributed by atoms with Crippen molar-refractivity contribution in [1.82, 2.24) is 9.97 Å². The monoisotopic (exact) mass is 231 g/mol. The molecule has 0 aliphatic carbocycles. The second-order valence-electron chi connectivity index (χ2n) is 2.77. The Bertz CT molecular complexity index is 244. The number of hydrogen-bond donors (Lipinski definition) is 2. The largest absolute Gasteiger partial charge is 0.369 e. The molecule has 1 heterocycles. The van der Waals surface area contributed by atoms with E-state index in [4.69, 9.17) is 0 Å². The summed E-state index contributed by atoms with van der Waals surface area (Å²) in [7, 11) is 0. The molecular formula is C8H14BrN3. The summed E-state index contributed by atoms with van der Waals surface area (Å²) in [6.07, 6.45) is 1.12. The van der Waals surface area contributed by atoms with E-state index in [0.717, 1.165) is 35.6 Å². The Morgan fingerprint density at radius 2 is 2.25 bits per heavy atom. The molecule has 0 amide bonds. The first kappa shape index (κ1) is 9.58. The minimum Gasteiger partial charge on any atom is -0.369 e. The Labute approximate surface area is 81.1 Å². The van der Waals surface area contributed by atoms with Gasteiger partial charge in [-0.1, -0.05) is 15.9 Å². The third-order valence-electron chi connectivity index (χ3n) is 1.61. The minimum absolute atomic E-state index is 0.967. The van der Waals surface area contributed by atoms with E-state index in [1.54, 1.807) is 0 Å². The minimum atomic E-state index is 0.967.